The molecule has 0 bridgehead atoms. The van der Waals surface area contributed by atoms with Crippen LogP contribution >= 0.6 is 0 Å². The van der Waals surface area contributed by atoms with Crippen LogP contribution in [0.4, 0.5) is 8.78 Å². The lowest BCUT2D eigenvalue weighted by Gasteiger charge is -2.11. The first-order chi connectivity index (χ1) is 14.0. The van der Waals surface area contributed by atoms with Crippen molar-refractivity contribution in [3.63, 3.8) is 0 Å². The highest BCUT2D eigenvalue weighted by molar-refractivity contribution is 5.96. The van der Waals surface area contributed by atoms with Gasteiger partial charge in [0, 0.05) is 18.7 Å². The SMILES string of the molecule is O=C(CCc1ccc(F)cc1F)c1c[nH]c(CO)c(OCc2ccccc2)c1=O. The van der Waals surface area contributed by atoms with E-state index >= 15 is 0 Å². The summed E-state index contributed by atoms with van der Waals surface area (Å²) in [5, 5.41) is 9.47. The van der Waals surface area contributed by atoms with E-state index in [9.17, 15) is 23.5 Å². The van der Waals surface area contributed by atoms with Crippen molar-refractivity contribution in [2.75, 3.05) is 0 Å². The van der Waals surface area contributed by atoms with E-state index in [4.69, 9.17) is 4.74 Å². The number of aromatic amines is 1. The quantitative estimate of drug-likeness (QED) is 0.568. The normalized spacial score (nSPS) is 10.7. The monoisotopic (exact) mass is 399 g/mol. The fourth-order valence-electron chi connectivity index (χ4n) is 2.86. The Bertz CT molecular complexity index is 1060. The van der Waals surface area contributed by atoms with Crippen molar-refractivity contribution in [1.82, 2.24) is 4.98 Å². The molecule has 1 aromatic heterocycles. The fraction of sp³-hybridized carbons (Fsp3) is 0.182. The number of ketones is 1. The maximum absolute atomic E-state index is 13.7. The molecule has 0 saturated heterocycles. The standard InChI is InChI=1S/C22H19F2NO4/c23-16-8-6-15(18(24)10-16)7-9-20(27)17-11-25-19(12-26)22(21(17)28)29-13-14-4-2-1-3-5-14/h1-6,8,10-11,26H,7,9,12-13H2,(H,25,28). The minimum atomic E-state index is -0.741. The number of pyridine rings is 1. The summed E-state index contributed by atoms with van der Waals surface area (Å²) in [5.41, 5.74) is 0.371. The highest BCUT2D eigenvalue weighted by Crippen LogP contribution is 2.17. The Kier molecular flexibility index (Phi) is 6.51. The number of hydrogen-bond acceptors (Lipinski definition) is 4. The largest absolute Gasteiger partial charge is 0.483 e. The molecule has 2 aromatic carbocycles. The average molecular weight is 399 g/mol. The minimum absolute atomic E-state index is 0.0202. The van der Waals surface area contributed by atoms with Crippen LogP contribution in [0.3, 0.4) is 0 Å². The van der Waals surface area contributed by atoms with E-state index in [0.717, 1.165) is 17.7 Å². The first kappa shape index (κ1) is 20.4. The Hall–Kier alpha value is -3.32. The molecule has 0 aliphatic heterocycles. The number of carbonyl (C=O) groups is 1. The van der Waals surface area contributed by atoms with Crippen LogP contribution in [0.5, 0.6) is 5.75 Å². The summed E-state index contributed by atoms with van der Waals surface area (Å²) in [6, 6.07) is 12.3. The number of nitrogens with one attached hydrogen (secondary N) is 1. The lowest BCUT2D eigenvalue weighted by Crippen LogP contribution is -2.20. The van der Waals surface area contributed by atoms with Crippen molar-refractivity contribution in [3.8, 4) is 5.75 Å². The molecule has 0 atom stereocenters. The number of halogens is 2. The van der Waals surface area contributed by atoms with Gasteiger partial charge in [-0.05, 0) is 23.6 Å². The molecule has 0 saturated carbocycles. The van der Waals surface area contributed by atoms with Gasteiger partial charge in [0.15, 0.2) is 11.5 Å². The van der Waals surface area contributed by atoms with E-state index in [1.54, 1.807) is 0 Å². The number of H-pyrrole nitrogens is 1. The first-order valence-corrected chi connectivity index (χ1v) is 8.99. The van der Waals surface area contributed by atoms with Crippen molar-refractivity contribution in [1.29, 1.82) is 0 Å². The van der Waals surface area contributed by atoms with Crippen LogP contribution < -0.4 is 10.2 Å². The first-order valence-electron chi connectivity index (χ1n) is 8.99. The maximum Gasteiger partial charge on any atom is 0.234 e. The molecule has 1 heterocycles. The second-order valence-corrected chi connectivity index (χ2v) is 6.43. The Morgan fingerprint density at radius 2 is 1.86 bits per heavy atom. The van der Waals surface area contributed by atoms with Gasteiger partial charge in [0.25, 0.3) is 0 Å². The topological polar surface area (TPSA) is 79.4 Å². The van der Waals surface area contributed by atoms with Crippen LogP contribution in [0, 0.1) is 11.6 Å². The van der Waals surface area contributed by atoms with Crippen molar-refractivity contribution in [2.24, 2.45) is 0 Å². The zero-order chi connectivity index (χ0) is 20.8. The molecular formula is C22H19F2NO4. The molecular weight excluding hydrogens is 380 g/mol. The summed E-state index contributed by atoms with van der Waals surface area (Å²) in [7, 11) is 0. The third-order valence-electron chi connectivity index (χ3n) is 4.44. The predicted molar refractivity (Wildman–Crippen MR) is 103 cm³/mol. The Morgan fingerprint density at radius 3 is 2.55 bits per heavy atom. The van der Waals surface area contributed by atoms with Gasteiger partial charge in [0.1, 0.15) is 18.2 Å². The van der Waals surface area contributed by atoms with Crippen molar-refractivity contribution < 1.29 is 23.4 Å². The molecule has 3 aromatic rings. The van der Waals surface area contributed by atoms with Crippen molar-refractivity contribution in [2.45, 2.75) is 26.1 Å². The van der Waals surface area contributed by atoms with E-state index in [1.165, 1.54) is 12.3 Å². The predicted octanol–water partition coefficient (Wildman–Crippen LogP) is 3.54. The molecule has 0 aliphatic rings. The van der Waals surface area contributed by atoms with Gasteiger partial charge in [-0.25, -0.2) is 8.78 Å². The van der Waals surface area contributed by atoms with Gasteiger partial charge in [-0.15, -0.1) is 0 Å². The highest BCUT2D eigenvalue weighted by atomic mass is 19.1. The molecule has 0 spiro atoms. The molecule has 5 nitrogen and oxygen atoms in total. The number of aryl methyl sites for hydroxylation is 1. The molecule has 3 rings (SSSR count). The van der Waals surface area contributed by atoms with Crippen LogP contribution in [0.25, 0.3) is 0 Å². The summed E-state index contributed by atoms with van der Waals surface area (Å²) >= 11 is 0. The van der Waals surface area contributed by atoms with E-state index in [0.29, 0.717) is 0 Å². The maximum atomic E-state index is 13.7. The lowest BCUT2D eigenvalue weighted by molar-refractivity contribution is 0.0980. The Labute approximate surface area is 165 Å². The van der Waals surface area contributed by atoms with E-state index < -0.39 is 29.5 Å². The van der Waals surface area contributed by atoms with Crippen LogP contribution in [0.1, 0.15) is 33.6 Å². The van der Waals surface area contributed by atoms with Gasteiger partial charge in [-0.1, -0.05) is 36.4 Å². The summed E-state index contributed by atoms with van der Waals surface area (Å²) in [4.78, 5) is 28.0. The zero-order valence-electron chi connectivity index (χ0n) is 15.5. The van der Waals surface area contributed by atoms with Gasteiger partial charge in [-0.3, -0.25) is 9.59 Å². The summed E-state index contributed by atoms with van der Waals surface area (Å²) < 4.78 is 32.3. The molecule has 0 radical (unpaired) electrons. The Morgan fingerprint density at radius 1 is 1.10 bits per heavy atom. The van der Waals surface area contributed by atoms with Gasteiger partial charge in [0.05, 0.1) is 17.9 Å². The third kappa shape index (κ3) is 4.94. The number of ether oxygens (including phenoxy) is 1. The van der Waals surface area contributed by atoms with Crippen LogP contribution in [0.15, 0.2) is 59.5 Å². The summed E-state index contributed by atoms with van der Waals surface area (Å²) in [5.74, 6) is -2.08. The molecule has 7 heteroatoms. The second kappa shape index (κ2) is 9.25. The number of aromatic nitrogens is 1. The summed E-state index contributed by atoms with van der Waals surface area (Å²) in [6.07, 6.45) is 1.10. The minimum Gasteiger partial charge on any atom is -0.483 e. The molecule has 0 unspecified atom stereocenters. The van der Waals surface area contributed by atoms with E-state index in [1.807, 2.05) is 30.3 Å². The van der Waals surface area contributed by atoms with Gasteiger partial charge in [0.2, 0.25) is 5.43 Å². The zero-order valence-corrected chi connectivity index (χ0v) is 15.5. The third-order valence-corrected chi connectivity index (χ3v) is 4.44. The van der Waals surface area contributed by atoms with Crippen molar-refractivity contribution in [3.05, 3.63) is 99.0 Å². The average Bonchev–Trinajstić information content (AvgIpc) is 2.72. The number of hydrogen-bond donors (Lipinski definition) is 2. The number of benzene rings is 2. The fourth-order valence-corrected chi connectivity index (χ4v) is 2.86. The molecule has 29 heavy (non-hydrogen) atoms. The molecule has 150 valence electrons. The van der Waals surface area contributed by atoms with Crippen LogP contribution in [-0.2, 0) is 19.6 Å². The molecule has 0 aliphatic carbocycles. The highest BCUT2D eigenvalue weighted by Gasteiger charge is 2.18. The number of aliphatic hydroxyl groups excluding tert-OH is 1. The number of aliphatic hydroxyl groups is 1. The van der Waals surface area contributed by atoms with Crippen LogP contribution in [-0.4, -0.2) is 15.9 Å². The lowest BCUT2D eigenvalue weighted by atomic mass is 10.0. The Balaban J connectivity index is 1.78. The smallest absolute Gasteiger partial charge is 0.234 e. The molecule has 0 fully saturated rings. The second-order valence-electron chi connectivity index (χ2n) is 6.43. The van der Waals surface area contributed by atoms with Gasteiger partial charge >= 0.3 is 0 Å². The molecule has 2 N–H and O–H groups in total. The van der Waals surface area contributed by atoms with Crippen LogP contribution in [0.2, 0.25) is 0 Å². The number of rotatable bonds is 8. The number of carbonyl (C=O) groups excluding carboxylic acids is 1. The molecule has 0 amide bonds. The van der Waals surface area contributed by atoms with E-state index in [-0.39, 0.29) is 42.0 Å². The van der Waals surface area contributed by atoms with Gasteiger partial charge in [-0.2, -0.15) is 0 Å². The number of Topliss-reactive ketones (excluding diaryl/α,β-unsaturated/α-hetero) is 1. The summed E-state index contributed by atoms with van der Waals surface area (Å²) in [6.45, 7) is -0.371. The van der Waals surface area contributed by atoms with E-state index in [2.05, 4.69) is 4.98 Å². The van der Waals surface area contributed by atoms with Gasteiger partial charge < -0.3 is 14.8 Å². The van der Waals surface area contributed by atoms with Crippen molar-refractivity contribution >= 4 is 5.78 Å².